The fraction of sp³-hybridized carbons (Fsp3) is 0.500. The average Bonchev–Trinajstić information content (AvgIpc) is 3.36. The first-order chi connectivity index (χ1) is 14.3. The molecule has 1 aliphatic rings. The van der Waals surface area contributed by atoms with Crippen molar-refractivity contribution in [3.63, 3.8) is 0 Å². The number of aliphatic hydroxyl groups is 2. The van der Waals surface area contributed by atoms with Gasteiger partial charge in [-0.1, -0.05) is 0 Å². The van der Waals surface area contributed by atoms with Crippen LogP contribution in [0.15, 0.2) is 24.9 Å². The van der Waals surface area contributed by atoms with Crippen LogP contribution in [-0.4, -0.2) is 76.4 Å². The summed E-state index contributed by atoms with van der Waals surface area (Å²) in [5, 5.41) is 28.0. The van der Waals surface area contributed by atoms with Crippen molar-refractivity contribution in [2.24, 2.45) is 0 Å². The second-order valence-corrected chi connectivity index (χ2v) is 7.54. The maximum atomic E-state index is 12.4. The number of carbonyl (C=O) groups is 1. The molecule has 1 fully saturated rings. The highest BCUT2D eigenvalue weighted by atomic mass is 16.5. The zero-order chi connectivity index (χ0) is 21.4. The Morgan fingerprint density at radius 1 is 1.33 bits per heavy atom. The monoisotopic (exact) mass is 416 g/mol. The third-order valence-corrected chi connectivity index (χ3v) is 5.13. The van der Waals surface area contributed by atoms with Gasteiger partial charge in [-0.05, 0) is 19.9 Å². The number of ether oxygens (including phenoxy) is 1. The highest BCUT2D eigenvalue weighted by molar-refractivity contribution is 5.92. The first kappa shape index (κ1) is 20.2. The number of nitrogen functional groups attached to an aromatic ring is 1. The topological polar surface area (TPSA) is 166 Å². The van der Waals surface area contributed by atoms with Crippen LogP contribution in [0.2, 0.25) is 0 Å². The Morgan fingerprint density at radius 2 is 2.13 bits per heavy atom. The predicted octanol–water partition coefficient (Wildman–Crippen LogP) is -0.895. The van der Waals surface area contributed by atoms with Gasteiger partial charge in [0.1, 0.15) is 35.8 Å². The quantitative estimate of drug-likeness (QED) is 0.412. The van der Waals surface area contributed by atoms with E-state index in [0.29, 0.717) is 11.2 Å². The van der Waals surface area contributed by atoms with Crippen LogP contribution in [-0.2, 0) is 11.3 Å². The Balaban J connectivity index is 1.42. The molecule has 4 rings (SSSR count). The standard InChI is InChI=1S/C18H24N8O4/c1-9(2)26-4-3-10(24-26)18(29)23-11-6-30-12(15(28)14(11)27)5-25-8-22-17-13(25)16(19)20-7-21-17/h3-4,7-9,11-12,14-15,27-28H,5-6H2,1-2H3,(H,23,29)(H2,19,20,21)/t11-,12-,14+,15-/m1/s1. The number of nitrogens with two attached hydrogens (primary N) is 1. The number of aliphatic hydroxyl groups excluding tert-OH is 2. The van der Waals surface area contributed by atoms with Crippen molar-refractivity contribution >= 4 is 22.9 Å². The second kappa shape index (κ2) is 7.97. The lowest BCUT2D eigenvalue weighted by molar-refractivity contribution is -0.152. The van der Waals surface area contributed by atoms with Crippen molar-refractivity contribution in [2.75, 3.05) is 12.3 Å². The van der Waals surface area contributed by atoms with E-state index in [0.717, 1.165) is 0 Å². The molecule has 1 saturated heterocycles. The van der Waals surface area contributed by atoms with Crippen LogP contribution in [0.3, 0.4) is 0 Å². The van der Waals surface area contributed by atoms with E-state index in [9.17, 15) is 15.0 Å². The fourth-order valence-electron chi connectivity index (χ4n) is 3.43. The van der Waals surface area contributed by atoms with Crippen molar-refractivity contribution in [2.45, 2.75) is 50.8 Å². The third-order valence-electron chi connectivity index (χ3n) is 5.13. The van der Waals surface area contributed by atoms with E-state index in [4.69, 9.17) is 10.5 Å². The summed E-state index contributed by atoms with van der Waals surface area (Å²) in [4.78, 5) is 24.6. The molecule has 3 aromatic heterocycles. The molecule has 12 nitrogen and oxygen atoms in total. The molecular weight excluding hydrogens is 392 g/mol. The summed E-state index contributed by atoms with van der Waals surface area (Å²) in [6, 6.07) is 0.943. The lowest BCUT2D eigenvalue weighted by Gasteiger charge is -2.38. The lowest BCUT2D eigenvalue weighted by Crippen LogP contribution is -2.60. The summed E-state index contributed by atoms with van der Waals surface area (Å²) in [6.45, 7) is 4.12. The van der Waals surface area contributed by atoms with Crippen LogP contribution in [0.25, 0.3) is 11.2 Å². The van der Waals surface area contributed by atoms with Gasteiger partial charge in [-0.3, -0.25) is 9.48 Å². The first-order valence-electron chi connectivity index (χ1n) is 9.60. The molecule has 0 unspecified atom stereocenters. The predicted molar refractivity (Wildman–Crippen MR) is 105 cm³/mol. The van der Waals surface area contributed by atoms with Crippen molar-refractivity contribution in [1.29, 1.82) is 0 Å². The number of nitrogens with one attached hydrogen (secondary N) is 1. The van der Waals surface area contributed by atoms with Gasteiger partial charge in [0, 0.05) is 12.2 Å². The Bertz CT molecular complexity index is 1050. The summed E-state index contributed by atoms with van der Waals surface area (Å²) in [6.07, 6.45) is 1.37. The van der Waals surface area contributed by atoms with Crippen molar-refractivity contribution in [3.8, 4) is 0 Å². The Kier molecular flexibility index (Phi) is 5.37. The average molecular weight is 416 g/mol. The van der Waals surface area contributed by atoms with E-state index in [-0.39, 0.29) is 30.7 Å². The Labute approximate surface area is 171 Å². The number of anilines is 1. The zero-order valence-corrected chi connectivity index (χ0v) is 16.6. The Morgan fingerprint density at radius 3 is 2.87 bits per heavy atom. The van der Waals surface area contributed by atoms with Crippen LogP contribution >= 0.6 is 0 Å². The van der Waals surface area contributed by atoms with E-state index in [2.05, 4.69) is 25.4 Å². The smallest absolute Gasteiger partial charge is 0.272 e. The molecule has 30 heavy (non-hydrogen) atoms. The number of rotatable bonds is 5. The molecule has 3 aromatic rings. The van der Waals surface area contributed by atoms with Gasteiger partial charge in [0.05, 0.1) is 25.5 Å². The van der Waals surface area contributed by atoms with Gasteiger partial charge in [-0.2, -0.15) is 5.10 Å². The molecule has 0 aromatic carbocycles. The second-order valence-electron chi connectivity index (χ2n) is 7.54. The van der Waals surface area contributed by atoms with Gasteiger partial charge < -0.3 is 30.6 Å². The molecule has 0 aliphatic carbocycles. The number of fused-ring (bicyclic) bond motifs is 1. The summed E-state index contributed by atoms with van der Waals surface area (Å²) in [5.74, 6) is -0.187. The molecular formula is C18H24N8O4. The highest BCUT2D eigenvalue weighted by Gasteiger charge is 2.39. The fourth-order valence-corrected chi connectivity index (χ4v) is 3.43. The van der Waals surface area contributed by atoms with Crippen LogP contribution in [0.4, 0.5) is 5.82 Å². The molecule has 0 saturated carbocycles. The van der Waals surface area contributed by atoms with Gasteiger partial charge in [0.2, 0.25) is 0 Å². The number of amides is 1. The van der Waals surface area contributed by atoms with Gasteiger partial charge in [0.15, 0.2) is 11.5 Å². The SMILES string of the molecule is CC(C)n1ccc(C(=O)N[C@@H]2CO[C@H](Cn3cnc4ncnc(N)c43)[C@@H](O)[C@H]2O)n1. The summed E-state index contributed by atoms with van der Waals surface area (Å²) < 4.78 is 9.07. The number of carbonyl (C=O) groups excluding carboxylic acids is 1. The van der Waals surface area contributed by atoms with Crippen LogP contribution in [0.1, 0.15) is 30.4 Å². The summed E-state index contributed by atoms with van der Waals surface area (Å²) in [7, 11) is 0. The Hall–Kier alpha value is -3.09. The molecule has 1 amide bonds. The molecule has 0 bridgehead atoms. The summed E-state index contributed by atoms with van der Waals surface area (Å²) in [5.41, 5.74) is 7.09. The van der Waals surface area contributed by atoms with Gasteiger partial charge in [-0.15, -0.1) is 0 Å². The number of hydrogen-bond acceptors (Lipinski definition) is 9. The highest BCUT2D eigenvalue weighted by Crippen LogP contribution is 2.21. The zero-order valence-electron chi connectivity index (χ0n) is 16.6. The van der Waals surface area contributed by atoms with Crippen molar-refractivity contribution < 1.29 is 19.7 Å². The van der Waals surface area contributed by atoms with E-state index in [1.807, 2.05) is 13.8 Å². The third kappa shape index (κ3) is 3.72. The van der Waals surface area contributed by atoms with Crippen molar-refractivity contribution in [3.05, 3.63) is 30.6 Å². The maximum Gasteiger partial charge on any atom is 0.272 e. The van der Waals surface area contributed by atoms with Crippen molar-refractivity contribution in [1.82, 2.24) is 34.6 Å². The molecule has 4 heterocycles. The number of nitrogens with zero attached hydrogens (tertiary/aromatic N) is 6. The molecule has 0 spiro atoms. The first-order valence-corrected chi connectivity index (χ1v) is 9.60. The van der Waals surface area contributed by atoms with E-state index in [1.165, 1.54) is 12.7 Å². The molecule has 5 N–H and O–H groups in total. The van der Waals surface area contributed by atoms with Crippen LogP contribution in [0, 0.1) is 0 Å². The van der Waals surface area contributed by atoms with E-state index >= 15 is 0 Å². The van der Waals surface area contributed by atoms with E-state index in [1.54, 1.807) is 21.5 Å². The molecule has 1 aliphatic heterocycles. The van der Waals surface area contributed by atoms with Crippen LogP contribution < -0.4 is 11.1 Å². The van der Waals surface area contributed by atoms with Crippen LogP contribution in [0.5, 0.6) is 0 Å². The molecule has 160 valence electrons. The van der Waals surface area contributed by atoms with Gasteiger partial charge in [0.25, 0.3) is 5.91 Å². The minimum atomic E-state index is -1.24. The van der Waals surface area contributed by atoms with Gasteiger partial charge >= 0.3 is 0 Å². The number of hydrogen-bond donors (Lipinski definition) is 4. The molecule has 4 atom stereocenters. The minimum Gasteiger partial charge on any atom is -0.388 e. The maximum absolute atomic E-state index is 12.4. The number of imidazole rings is 1. The molecule has 12 heteroatoms. The number of aromatic nitrogens is 6. The molecule has 0 radical (unpaired) electrons. The lowest BCUT2D eigenvalue weighted by atomic mass is 9.97. The minimum absolute atomic E-state index is 0.0259. The van der Waals surface area contributed by atoms with Gasteiger partial charge in [-0.25, -0.2) is 15.0 Å². The largest absolute Gasteiger partial charge is 0.388 e. The van der Waals surface area contributed by atoms with E-state index < -0.39 is 30.3 Å². The summed E-state index contributed by atoms with van der Waals surface area (Å²) >= 11 is 0. The normalized spacial score (nSPS) is 24.4.